The highest BCUT2D eigenvalue weighted by Crippen LogP contribution is 2.31. The van der Waals surface area contributed by atoms with Crippen LogP contribution in [-0.2, 0) is 0 Å². The van der Waals surface area contributed by atoms with Crippen LogP contribution in [0, 0.1) is 5.82 Å². The van der Waals surface area contributed by atoms with Crippen molar-refractivity contribution in [1.82, 2.24) is 0 Å². The first kappa shape index (κ1) is 14.1. The molecule has 0 unspecified atom stereocenters. The first-order chi connectivity index (χ1) is 7.98. The van der Waals surface area contributed by atoms with Gasteiger partial charge in [-0.3, -0.25) is 0 Å². The SMILES string of the molecule is CCC(CC)(CC)Nc1cc(F)c(Cl)cc1N. The van der Waals surface area contributed by atoms with Gasteiger partial charge in [-0.15, -0.1) is 0 Å². The fraction of sp³-hybridized carbons (Fsp3) is 0.538. The molecule has 2 nitrogen and oxygen atoms in total. The molecule has 3 N–H and O–H groups in total. The van der Waals surface area contributed by atoms with E-state index in [0.29, 0.717) is 11.4 Å². The lowest BCUT2D eigenvalue weighted by atomic mass is 9.89. The monoisotopic (exact) mass is 258 g/mol. The molecular weight excluding hydrogens is 239 g/mol. The zero-order valence-corrected chi connectivity index (χ0v) is 11.4. The van der Waals surface area contributed by atoms with E-state index in [1.807, 2.05) is 0 Å². The summed E-state index contributed by atoms with van der Waals surface area (Å²) in [6, 6.07) is 2.82. The Morgan fingerprint density at radius 2 is 1.76 bits per heavy atom. The molecule has 0 fully saturated rings. The second-order valence-electron chi connectivity index (χ2n) is 4.32. The van der Waals surface area contributed by atoms with Crippen LogP contribution in [0.1, 0.15) is 40.0 Å². The van der Waals surface area contributed by atoms with Crippen molar-refractivity contribution in [2.75, 3.05) is 11.1 Å². The van der Waals surface area contributed by atoms with Crippen molar-refractivity contribution in [2.45, 2.75) is 45.6 Å². The predicted octanol–water partition coefficient (Wildman–Crippen LogP) is 4.44. The Kier molecular flexibility index (Phi) is 4.63. The minimum Gasteiger partial charge on any atom is -0.397 e. The zero-order valence-electron chi connectivity index (χ0n) is 10.6. The summed E-state index contributed by atoms with van der Waals surface area (Å²) in [5.41, 5.74) is 6.92. The van der Waals surface area contributed by atoms with E-state index < -0.39 is 5.82 Å². The summed E-state index contributed by atoms with van der Waals surface area (Å²) in [6.45, 7) is 6.34. The molecular formula is C13H20ClFN2. The third-order valence-corrected chi connectivity index (χ3v) is 3.81. The average molecular weight is 259 g/mol. The fourth-order valence-corrected chi connectivity index (χ4v) is 2.14. The number of hydrogen-bond acceptors (Lipinski definition) is 2. The first-order valence-electron chi connectivity index (χ1n) is 6.00. The van der Waals surface area contributed by atoms with Gasteiger partial charge in [0.2, 0.25) is 0 Å². The van der Waals surface area contributed by atoms with Crippen LogP contribution in [0.2, 0.25) is 5.02 Å². The van der Waals surface area contributed by atoms with E-state index in [2.05, 4.69) is 26.1 Å². The highest BCUT2D eigenvalue weighted by molar-refractivity contribution is 6.31. The molecule has 1 rings (SSSR count). The van der Waals surface area contributed by atoms with E-state index in [-0.39, 0.29) is 10.6 Å². The Labute approximate surface area is 107 Å². The number of nitrogens with two attached hydrogens (primary N) is 1. The summed E-state index contributed by atoms with van der Waals surface area (Å²) in [6.07, 6.45) is 2.89. The summed E-state index contributed by atoms with van der Waals surface area (Å²) in [5, 5.41) is 3.41. The summed E-state index contributed by atoms with van der Waals surface area (Å²) in [5.74, 6) is -0.444. The van der Waals surface area contributed by atoms with E-state index in [1.54, 1.807) is 0 Å². The average Bonchev–Trinajstić information content (AvgIpc) is 2.33. The van der Waals surface area contributed by atoms with Gasteiger partial charge in [-0.1, -0.05) is 32.4 Å². The topological polar surface area (TPSA) is 38.0 Å². The number of rotatable bonds is 5. The Morgan fingerprint density at radius 1 is 1.24 bits per heavy atom. The molecule has 1 aromatic carbocycles. The van der Waals surface area contributed by atoms with Crippen molar-refractivity contribution in [1.29, 1.82) is 0 Å². The maximum absolute atomic E-state index is 13.4. The lowest BCUT2D eigenvalue weighted by Gasteiger charge is -2.33. The van der Waals surface area contributed by atoms with Crippen molar-refractivity contribution < 1.29 is 4.39 Å². The second-order valence-corrected chi connectivity index (χ2v) is 4.73. The van der Waals surface area contributed by atoms with Gasteiger partial charge in [-0.25, -0.2) is 4.39 Å². The van der Waals surface area contributed by atoms with Crippen LogP contribution in [0.5, 0.6) is 0 Å². The van der Waals surface area contributed by atoms with E-state index in [1.165, 1.54) is 12.1 Å². The quantitative estimate of drug-likeness (QED) is 0.766. The smallest absolute Gasteiger partial charge is 0.143 e. The molecule has 0 bridgehead atoms. The van der Waals surface area contributed by atoms with Crippen molar-refractivity contribution in [3.05, 3.63) is 23.0 Å². The van der Waals surface area contributed by atoms with Crippen molar-refractivity contribution in [3.63, 3.8) is 0 Å². The standard InChI is InChI=1S/C13H20ClFN2/c1-4-13(5-2,6-3)17-12-8-10(15)9(14)7-11(12)16/h7-8,17H,4-6,16H2,1-3H3. The number of hydrogen-bond donors (Lipinski definition) is 2. The summed E-state index contributed by atoms with van der Waals surface area (Å²) >= 11 is 5.68. The van der Waals surface area contributed by atoms with E-state index in [4.69, 9.17) is 17.3 Å². The molecule has 0 aliphatic rings. The first-order valence-corrected chi connectivity index (χ1v) is 6.38. The van der Waals surface area contributed by atoms with Crippen molar-refractivity contribution >= 4 is 23.0 Å². The Morgan fingerprint density at radius 3 is 2.24 bits per heavy atom. The zero-order chi connectivity index (χ0) is 13.1. The summed E-state index contributed by atoms with van der Waals surface area (Å²) in [4.78, 5) is 0. The van der Waals surface area contributed by atoms with E-state index >= 15 is 0 Å². The normalized spacial score (nSPS) is 11.6. The molecule has 0 atom stereocenters. The maximum Gasteiger partial charge on any atom is 0.143 e. The van der Waals surface area contributed by atoms with E-state index in [0.717, 1.165) is 19.3 Å². The number of anilines is 2. The van der Waals surface area contributed by atoms with Gasteiger partial charge in [0.05, 0.1) is 16.4 Å². The molecule has 0 radical (unpaired) electrons. The Hall–Kier alpha value is -0.960. The van der Waals surface area contributed by atoms with Crippen LogP contribution in [-0.4, -0.2) is 5.54 Å². The van der Waals surface area contributed by atoms with Gasteiger partial charge in [0.25, 0.3) is 0 Å². The molecule has 96 valence electrons. The molecule has 0 aliphatic carbocycles. The fourth-order valence-electron chi connectivity index (χ4n) is 1.97. The highest BCUT2D eigenvalue weighted by atomic mass is 35.5. The molecule has 0 amide bonds. The van der Waals surface area contributed by atoms with Crippen molar-refractivity contribution in [2.24, 2.45) is 0 Å². The highest BCUT2D eigenvalue weighted by Gasteiger charge is 2.24. The minimum absolute atomic E-state index is 0.0333. The molecule has 0 aromatic heterocycles. The van der Waals surface area contributed by atoms with Gasteiger partial charge in [-0.05, 0) is 25.3 Å². The third kappa shape index (κ3) is 3.03. The van der Waals surface area contributed by atoms with Crippen molar-refractivity contribution in [3.8, 4) is 0 Å². The van der Waals surface area contributed by atoms with Gasteiger partial charge in [0.15, 0.2) is 0 Å². The van der Waals surface area contributed by atoms with Gasteiger partial charge in [0, 0.05) is 11.6 Å². The molecule has 0 saturated heterocycles. The lowest BCUT2D eigenvalue weighted by Crippen LogP contribution is -2.36. The molecule has 17 heavy (non-hydrogen) atoms. The summed E-state index contributed by atoms with van der Waals surface area (Å²) < 4.78 is 13.4. The minimum atomic E-state index is -0.444. The van der Waals surface area contributed by atoms with Crippen LogP contribution in [0.3, 0.4) is 0 Å². The lowest BCUT2D eigenvalue weighted by molar-refractivity contribution is 0.420. The molecule has 0 aliphatic heterocycles. The van der Waals surface area contributed by atoms with Crippen LogP contribution >= 0.6 is 11.6 Å². The van der Waals surface area contributed by atoms with Crippen LogP contribution in [0.15, 0.2) is 12.1 Å². The van der Waals surface area contributed by atoms with Gasteiger partial charge in [0.1, 0.15) is 5.82 Å². The predicted molar refractivity (Wildman–Crippen MR) is 73.0 cm³/mol. The second kappa shape index (κ2) is 5.58. The van der Waals surface area contributed by atoms with E-state index in [9.17, 15) is 4.39 Å². The summed E-state index contributed by atoms with van der Waals surface area (Å²) in [7, 11) is 0. The van der Waals surface area contributed by atoms with Crippen LogP contribution < -0.4 is 11.1 Å². The number of nitrogen functional groups attached to an aromatic ring is 1. The van der Waals surface area contributed by atoms with Gasteiger partial charge < -0.3 is 11.1 Å². The molecule has 4 heteroatoms. The molecule has 0 spiro atoms. The molecule has 0 heterocycles. The number of benzene rings is 1. The van der Waals surface area contributed by atoms with Crippen LogP contribution in [0.25, 0.3) is 0 Å². The molecule has 0 saturated carbocycles. The largest absolute Gasteiger partial charge is 0.397 e. The Bertz CT molecular complexity index is 381. The number of nitrogens with one attached hydrogen (secondary N) is 1. The van der Waals surface area contributed by atoms with Gasteiger partial charge in [-0.2, -0.15) is 0 Å². The number of halogens is 2. The Balaban J connectivity index is 3.05. The van der Waals surface area contributed by atoms with Crippen LogP contribution in [0.4, 0.5) is 15.8 Å². The maximum atomic E-state index is 13.4. The third-order valence-electron chi connectivity index (χ3n) is 3.52. The van der Waals surface area contributed by atoms with Gasteiger partial charge >= 0.3 is 0 Å². The molecule has 1 aromatic rings.